The molecule has 146 valence electrons. The number of benzene rings is 2. The lowest BCUT2D eigenvalue weighted by atomic mass is 9.97. The average molecular weight is 400 g/mol. The maximum absolute atomic E-state index is 12.5. The van der Waals surface area contributed by atoms with Gasteiger partial charge in [-0.25, -0.2) is 0 Å². The number of hydrogen-bond donors (Lipinski definition) is 1. The van der Waals surface area contributed by atoms with Gasteiger partial charge in [0.25, 0.3) is 11.9 Å². The zero-order valence-electron chi connectivity index (χ0n) is 15.7. The quantitative estimate of drug-likeness (QED) is 0.698. The molecule has 0 aliphatic carbocycles. The van der Waals surface area contributed by atoms with Crippen LogP contribution < -0.4 is 15.0 Å². The van der Waals surface area contributed by atoms with Gasteiger partial charge in [-0.15, -0.1) is 0 Å². The number of methoxy groups -OCH3 is 1. The molecular weight excluding hydrogens is 378 g/mol. The van der Waals surface area contributed by atoms with Gasteiger partial charge < -0.3 is 19.4 Å². The monoisotopic (exact) mass is 399 g/mol. The Balaban J connectivity index is 1.32. The first-order chi connectivity index (χ1) is 13.6. The fourth-order valence-electron chi connectivity index (χ4n) is 3.51. The minimum absolute atomic E-state index is 0.166. The van der Waals surface area contributed by atoms with Gasteiger partial charge in [-0.2, -0.15) is 4.98 Å². The predicted molar refractivity (Wildman–Crippen MR) is 109 cm³/mol. The number of carbonyl (C=O) groups is 1. The number of amides is 1. The Labute approximate surface area is 168 Å². The van der Waals surface area contributed by atoms with Crippen LogP contribution in [-0.2, 0) is 0 Å². The summed E-state index contributed by atoms with van der Waals surface area (Å²) in [5.74, 6) is 0.767. The Morgan fingerprint density at radius 2 is 2.07 bits per heavy atom. The summed E-state index contributed by atoms with van der Waals surface area (Å²) in [6.45, 7) is 2.33. The zero-order chi connectivity index (χ0) is 19.5. The van der Waals surface area contributed by atoms with E-state index in [0.717, 1.165) is 37.0 Å². The van der Waals surface area contributed by atoms with Crippen molar-refractivity contribution < 1.29 is 13.9 Å². The molecule has 1 aromatic heterocycles. The Bertz CT molecular complexity index is 947. The number of nitrogens with zero attached hydrogens (tertiary/aromatic N) is 2. The van der Waals surface area contributed by atoms with Crippen molar-refractivity contribution in [2.45, 2.75) is 12.8 Å². The second-order valence-corrected chi connectivity index (χ2v) is 7.39. The number of hydrogen-bond acceptors (Lipinski definition) is 5. The third kappa shape index (κ3) is 3.92. The van der Waals surface area contributed by atoms with Crippen LogP contribution in [-0.4, -0.2) is 37.6 Å². The van der Waals surface area contributed by atoms with Crippen molar-refractivity contribution in [3.8, 4) is 5.75 Å². The van der Waals surface area contributed by atoms with Crippen molar-refractivity contribution >= 4 is 34.6 Å². The summed E-state index contributed by atoms with van der Waals surface area (Å²) in [5, 5.41) is 3.52. The summed E-state index contributed by atoms with van der Waals surface area (Å²) < 4.78 is 11.1. The highest BCUT2D eigenvalue weighted by molar-refractivity contribution is 6.31. The van der Waals surface area contributed by atoms with E-state index in [2.05, 4.69) is 15.2 Å². The highest BCUT2D eigenvalue weighted by Crippen LogP contribution is 2.26. The lowest BCUT2D eigenvalue weighted by molar-refractivity contribution is 0.0941. The van der Waals surface area contributed by atoms with E-state index in [9.17, 15) is 4.79 Å². The Morgan fingerprint density at radius 1 is 1.29 bits per heavy atom. The number of halogens is 1. The van der Waals surface area contributed by atoms with Crippen LogP contribution in [0.4, 0.5) is 6.01 Å². The zero-order valence-corrected chi connectivity index (χ0v) is 16.4. The molecule has 1 fully saturated rings. The summed E-state index contributed by atoms with van der Waals surface area (Å²) in [6.07, 6.45) is 1.93. The number of carbonyl (C=O) groups excluding carboxylic acids is 1. The van der Waals surface area contributed by atoms with Gasteiger partial charge >= 0.3 is 0 Å². The van der Waals surface area contributed by atoms with E-state index in [0.29, 0.717) is 34.8 Å². The third-order valence-corrected chi connectivity index (χ3v) is 5.36. The molecule has 0 spiro atoms. The molecule has 1 N–H and O–H groups in total. The van der Waals surface area contributed by atoms with E-state index >= 15 is 0 Å². The van der Waals surface area contributed by atoms with Gasteiger partial charge in [-0.1, -0.05) is 23.7 Å². The van der Waals surface area contributed by atoms with E-state index in [1.54, 1.807) is 25.3 Å². The first kappa shape index (κ1) is 18.6. The molecule has 2 aromatic carbocycles. The average Bonchev–Trinajstić information content (AvgIpc) is 3.16. The van der Waals surface area contributed by atoms with Gasteiger partial charge in [0.2, 0.25) is 0 Å². The van der Waals surface area contributed by atoms with Gasteiger partial charge in [0.1, 0.15) is 11.3 Å². The molecule has 7 heteroatoms. The Morgan fingerprint density at radius 3 is 2.82 bits per heavy atom. The van der Waals surface area contributed by atoms with Crippen LogP contribution in [0.5, 0.6) is 5.75 Å². The molecule has 1 aliphatic rings. The molecule has 3 aromatic rings. The second-order valence-electron chi connectivity index (χ2n) is 6.95. The van der Waals surface area contributed by atoms with Crippen LogP contribution in [0.25, 0.3) is 11.1 Å². The molecule has 2 heterocycles. The molecule has 0 saturated carbocycles. The standard InChI is InChI=1S/C21H22ClN3O3/c1-27-18-7-6-15(22)12-16(18)20(26)23-13-14-8-10-25(11-9-14)21-24-17-4-2-3-5-19(17)28-21/h2-7,12,14H,8-11,13H2,1H3,(H,23,26). The van der Waals surface area contributed by atoms with Crippen molar-refractivity contribution in [1.29, 1.82) is 0 Å². The summed E-state index contributed by atoms with van der Waals surface area (Å²) >= 11 is 6.01. The van der Waals surface area contributed by atoms with Crippen LogP contribution in [0.2, 0.25) is 5.02 Å². The van der Waals surface area contributed by atoms with Crippen molar-refractivity contribution in [1.82, 2.24) is 10.3 Å². The molecule has 0 atom stereocenters. The largest absolute Gasteiger partial charge is 0.496 e. The van der Waals surface area contributed by atoms with Crippen LogP contribution in [0.1, 0.15) is 23.2 Å². The minimum Gasteiger partial charge on any atom is -0.496 e. The Hall–Kier alpha value is -2.73. The van der Waals surface area contributed by atoms with Gasteiger partial charge in [-0.3, -0.25) is 4.79 Å². The molecule has 0 unspecified atom stereocenters. The van der Waals surface area contributed by atoms with Gasteiger partial charge in [0.15, 0.2) is 5.58 Å². The van der Waals surface area contributed by atoms with Crippen molar-refractivity contribution in [2.75, 3.05) is 31.6 Å². The number of fused-ring (bicyclic) bond motifs is 1. The second kappa shape index (κ2) is 8.10. The summed E-state index contributed by atoms with van der Waals surface area (Å²) in [7, 11) is 1.54. The molecule has 0 bridgehead atoms. The number of ether oxygens (including phenoxy) is 1. The highest BCUT2D eigenvalue weighted by Gasteiger charge is 2.23. The Kier molecular flexibility index (Phi) is 5.39. The molecule has 1 saturated heterocycles. The maximum atomic E-state index is 12.5. The maximum Gasteiger partial charge on any atom is 0.298 e. The molecule has 6 nitrogen and oxygen atoms in total. The van der Waals surface area contributed by atoms with E-state index in [4.69, 9.17) is 20.8 Å². The normalized spacial score (nSPS) is 15.0. The van der Waals surface area contributed by atoms with E-state index in [1.165, 1.54) is 0 Å². The lowest BCUT2D eigenvalue weighted by Crippen LogP contribution is -2.38. The minimum atomic E-state index is -0.166. The highest BCUT2D eigenvalue weighted by atomic mass is 35.5. The number of rotatable bonds is 5. The lowest BCUT2D eigenvalue weighted by Gasteiger charge is -2.30. The van der Waals surface area contributed by atoms with Gasteiger partial charge in [-0.05, 0) is 49.1 Å². The first-order valence-corrected chi connectivity index (χ1v) is 9.74. The van der Waals surface area contributed by atoms with E-state index < -0.39 is 0 Å². The number of aromatic nitrogens is 1. The fourth-order valence-corrected chi connectivity index (χ4v) is 3.69. The number of piperidine rings is 1. The molecule has 4 rings (SSSR count). The van der Waals surface area contributed by atoms with Crippen LogP contribution in [0, 0.1) is 5.92 Å². The van der Waals surface area contributed by atoms with Crippen LogP contribution in [0.3, 0.4) is 0 Å². The van der Waals surface area contributed by atoms with Crippen molar-refractivity contribution in [3.63, 3.8) is 0 Å². The SMILES string of the molecule is COc1ccc(Cl)cc1C(=O)NCC1CCN(c2nc3ccccc3o2)CC1. The molecule has 28 heavy (non-hydrogen) atoms. The number of nitrogens with one attached hydrogen (secondary N) is 1. The topological polar surface area (TPSA) is 67.6 Å². The van der Waals surface area contributed by atoms with Crippen LogP contribution in [0.15, 0.2) is 46.9 Å². The molecule has 1 amide bonds. The first-order valence-electron chi connectivity index (χ1n) is 9.36. The van der Waals surface area contributed by atoms with Crippen molar-refractivity contribution in [2.24, 2.45) is 5.92 Å². The van der Waals surface area contributed by atoms with Gasteiger partial charge in [0.05, 0.1) is 12.7 Å². The van der Waals surface area contributed by atoms with E-state index in [-0.39, 0.29) is 5.91 Å². The fraction of sp³-hybridized carbons (Fsp3) is 0.333. The van der Waals surface area contributed by atoms with Crippen molar-refractivity contribution in [3.05, 3.63) is 53.1 Å². The number of para-hydroxylation sites is 2. The van der Waals surface area contributed by atoms with Gasteiger partial charge in [0, 0.05) is 24.7 Å². The van der Waals surface area contributed by atoms with E-state index in [1.807, 2.05) is 24.3 Å². The number of anilines is 1. The smallest absolute Gasteiger partial charge is 0.298 e. The summed E-state index contributed by atoms with van der Waals surface area (Å²) in [5.41, 5.74) is 2.14. The molecular formula is C21H22ClN3O3. The van der Waals surface area contributed by atoms with Crippen LogP contribution >= 0.6 is 11.6 Å². The third-order valence-electron chi connectivity index (χ3n) is 5.13. The molecule has 0 radical (unpaired) electrons. The summed E-state index contributed by atoms with van der Waals surface area (Å²) in [4.78, 5) is 19.3. The predicted octanol–water partition coefficient (Wildman–Crippen LogP) is 4.14. The summed E-state index contributed by atoms with van der Waals surface area (Å²) in [6, 6.07) is 13.5. The number of oxazole rings is 1. The molecule has 1 aliphatic heterocycles.